The Morgan fingerprint density at radius 1 is 1.47 bits per heavy atom. The number of piperidine rings is 1. The van der Waals surface area contributed by atoms with Gasteiger partial charge in [0.15, 0.2) is 0 Å². The van der Waals surface area contributed by atoms with Gasteiger partial charge in [-0.05, 0) is 30.7 Å². The summed E-state index contributed by atoms with van der Waals surface area (Å²) in [5.41, 5.74) is -0.354. The lowest BCUT2D eigenvalue weighted by Gasteiger charge is -2.43. The molecule has 0 spiro atoms. The monoisotopic (exact) mass is 263 g/mol. The van der Waals surface area contributed by atoms with E-state index < -0.39 is 11.4 Å². The summed E-state index contributed by atoms with van der Waals surface area (Å²) < 4.78 is 0. The van der Waals surface area contributed by atoms with E-state index in [0.717, 1.165) is 25.8 Å². The van der Waals surface area contributed by atoms with Crippen LogP contribution in [-0.2, 0) is 4.79 Å². The first-order valence-corrected chi connectivity index (χ1v) is 6.26. The zero-order valence-electron chi connectivity index (χ0n) is 11.4. The van der Waals surface area contributed by atoms with Gasteiger partial charge in [0.2, 0.25) is 0 Å². The third kappa shape index (κ3) is 3.85. The maximum atomic E-state index is 11.5. The van der Waals surface area contributed by atoms with Crippen LogP contribution >= 0.6 is 12.4 Å². The van der Waals surface area contributed by atoms with Crippen LogP contribution in [0, 0.1) is 16.7 Å². The van der Waals surface area contributed by atoms with E-state index in [0.29, 0.717) is 12.5 Å². The second-order valence-electron chi connectivity index (χ2n) is 6.23. The van der Waals surface area contributed by atoms with Crippen LogP contribution in [-0.4, -0.2) is 24.2 Å². The Hall–Kier alpha value is -0.280. The summed E-state index contributed by atoms with van der Waals surface area (Å²) in [5.74, 6) is -0.181. The van der Waals surface area contributed by atoms with Crippen LogP contribution in [0.5, 0.6) is 0 Å². The van der Waals surface area contributed by atoms with Crippen molar-refractivity contribution in [1.29, 1.82) is 0 Å². The van der Waals surface area contributed by atoms with Gasteiger partial charge in [-0.1, -0.05) is 34.1 Å². The van der Waals surface area contributed by atoms with Gasteiger partial charge in [-0.2, -0.15) is 0 Å². The highest BCUT2D eigenvalue weighted by atomic mass is 35.5. The number of carboxylic acid groups (broad SMARTS) is 1. The third-order valence-corrected chi connectivity index (χ3v) is 3.90. The smallest absolute Gasteiger partial charge is 0.310 e. The standard InChI is InChI=1S/C13H25NO2.ClH/c1-5-6-13(11(15)16)7-10(8-14-9-13)12(2,3)4;/h10,14H,5-9H2,1-4H3,(H,15,16);1H/t10-,13-;/m1./s1. The molecule has 1 saturated heterocycles. The van der Waals surface area contributed by atoms with Gasteiger partial charge in [-0.15, -0.1) is 12.4 Å². The van der Waals surface area contributed by atoms with Gasteiger partial charge in [0.05, 0.1) is 5.41 Å². The molecule has 4 heteroatoms. The highest BCUT2D eigenvalue weighted by molar-refractivity contribution is 5.85. The SMILES string of the molecule is CCC[C@]1(C(=O)O)CNC[C@H](C(C)(C)C)C1.Cl. The van der Waals surface area contributed by atoms with Crippen molar-refractivity contribution in [2.75, 3.05) is 13.1 Å². The van der Waals surface area contributed by atoms with Gasteiger partial charge < -0.3 is 10.4 Å². The van der Waals surface area contributed by atoms with E-state index in [9.17, 15) is 9.90 Å². The van der Waals surface area contributed by atoms with Gasteiger partial charge in [-0.25, -0.2) is 0 Å². The quantitative estimate of drug-likeness (QED) is 0.823. The van der Waals surface area contributed by atoms with Crippen molar-refractivity contribution in [3.8, 4) is 0 Å². The van der Waals surface area contributed by atoms with Gasteiger partial charge in [0.25, 0.3) is 0 Å². The largest absolute Gasteiger partial charge is 0.481 e. The van der Waals surface area contributed by atoms with Crippen molar-refractivity contribution in [3.63, 3.8) is 0 Å². The molecule has 0 unspecified atom stereocenters. The van der Waals surface area contributed by atoms with E-state index in [1.807, 2.05) is 0 Å². The van der Waals surface area contributed by atoms with Crippen molar-refractivity contribution >= 4 is 18.4 Å². The highest BCUT2D eigenvalue weighted by Crippen LogP contribution is 2.41. The predicted octanol–water partition coefficient (Wildman–Crippen LogP) is 2.93. The maximum Gasteiger partial charge on any atom is 0.310 e. The molecule has 1 aliphatic rings. The Kier molecular flexibility index (Phi) is 5.95. The molecule has 0 radical (unpaired) electrons. The number of halogens is 1. The first kappa shape index (κ1) is 16.7. The van der Waals surface area contributed by atoms with Crippen LogP contribution in [0.25, 0.3) is 0 Å². The van der Waals surface area contributed by atoms with E-state index in [2.05, 4.69) is 33.0 Å². The number of carboxylic acids is 1. The molecule has 0 bridgehead atoms. The Bertz CT molecular complexity index is 259. The molecule has 1 rings (SSSR count). The van der Waals surface area contributed by atoms with Crippen LogP contribution in [0.2, 0.25) is 0 Å². The molecule has 102 valence electrons. The summed E-state index contributed by atoms with van der Waals surface area (Å²) in [5, 5.41) is 12.8. The second kappa shape index (κ2) is 6.05. The molecule has 0 aromatic carbocycles. The van der Waals surface area contributed by atoms with E-state index in [4.69, 9.17) is 0 Å². The zero-order valence-corrected chi connectivity index (χ0v) is 12.2. The summed E-state index contributed by atoms with van der Waals surface area (Å²) in [6.45, 7) is 10.2. The fraction of sp³-hybridized carbons (Fsp3) is 0.923. The summed E-state index contributed by atoms with van der Waals surface area (Å²) in [7, 11) is 0. The van der Waals surface area contributed by atoms with Crippen molar-refractivity contribution in [2.24, 2.45) is 16.7 Å². The first-order valence-electron chi connectivity index (χ1n) is 6.26. The second-order valence-corrected chi connectivity index (χ2v) is 6.23. The molecule has 1 heterocycles. The number of hydrogen-bond acceptors (Lipinski definition) is 2. The normalized spacial score (nSPS) is 29.5. The lowest BCUT2D eigenvalue weighted by molar-refractivity contribution is -0.152. The van der Waals surface area contributed by atoms with Crippen LogP contribution in [0.4, 0.5) is 0 Å². The highest BCUT2D eigenvalue weighted by Gasteiger charge is 2.44. The fourth-order valence-electron chi connectivity index (χ4n) is 2.65. The number of aliphatic carboxylic acids is 1. The molecule has 2 N–H and O–H groups in total. The van der Waals surface area contributed by atoms with Crippen molar-refractivity contribution in [3.05, 3.63) is 0 Å². The Morgan fingerprint density at radius 2 is 2.06 bits per heavy atom. The molecule has 0 aromatic heterocycles. The van der Waals surface area contributed by atoms with E-state index in [1.54, 1.807) is 0 Å². The van der Waals surface area contributed by atoms with Crippen LogP contribution in [0.1, 0.15) is 47.0 Å². The van der Waals surface area contributed by atoms with Crippen molar-refractivity contribution < 1.29 is 9.90 Å². The molecule has 0 amide bonds. The maximum absolute atomic E-state index is 11.5. The lowest BCUT2D eigenvalue weighted by Crippen LogP contribution is -2.51. The summed E-state index contributed by atoms with van der Waals surface area (Å²) in [6, 6.07) is 0. The molecular weight excluding hydrogens is 238 g/mol. The minimum atomic E-state index is -0.629. The molecule has 1 aliphatic heterocycles. The zero-order chi connectivity index (χ0) is 12.4. The third-order valence-electron chi connectivity index (χ3n) is 3.90. The molecule has 0 aromatic rings. The fourth-order valence-corrected chi connectivity index (χ4v) is 2.65. The van der Waals surface area contributed by atoms with E-state index >= 15 is 0 Å². The molecule has 2 atom stereocenters. The molecule has 0 saturated carbocycles. The van der Waals surface area contributed by atoms with Crippen LogP contribution in [0.3, 0.4) is 0 Å². The molecular formula is C13H26ClNO2. The summed E-state index contributed by atoms with van der Waals surface area (Å²) in [6.07, 6.45) is 2.53. The lowest BCUT2D eigenvalue weighted by atomic mass is 9.66. The predicted molar refractivity (Wildman–Crippen MR) is 72.7 cm³/mol. The number of hydrogen-bond donors (Lipinski definition) is 2. The number of rotatable bonds is 3. The molecule has 17 heavy (non-hydrogen) atoms. The summed E-state index contributed by atoms with van der Waals surface area (Å²) in [4.78, 5) is 11.5. The minimum Gasteiger partial charge on any atom is -0.481 e. The van der Waals surface area contributed by atoms with Crippen molar-refractivity contribution in [1.82, 2.24) is 5.32 Å². The average Bonchev–Trinajstić information content (AvgIpc) is 2.17. The van der Waals surface area contributed by atoms with Crippen molar-refractivity contribution in [2.45, 2.75) is 47.0 Å². The van der Waals surface area contributed by atoms with Gasteiger partial charge in [0, 0.05) is 6.54 Å². The Morgan fingerprint density at radius 3 is 2.47 bits per heavy atom. The molecule has 0 aliphatic carbocycles. The Balaban J connectivity index is 0.00000256. The first-order chi connectivity index (χ1) is 7.32. The van der Waals surface area contributed by atoms with E-state index in [-0.39, 0.29) is 17.8 Å². The van der Waals surface area contributed by atoms with Gasteiger partial charge in [-0.3, -0.25) is 4.79 Å². The summed E-state index contributed by atoms with van der Waals surface area (Å²) >= 11 is 0. The van der Waals surface area contributed by atoms with Crippen LogP contribution < -0.4 is 5.32 Å². The number of nitrogens with one attached hydrogen (secondary N) is 1. The molecule has 3 nitrogen and oxygen atoms in total. The van der Waals surface area contributed by atoms with Gasteiger partial charge >= 0.3 is 5.97 Å². The minimum absolute atomic E-state index is 0. The molecule has 1 fully saturated rings. The average molecular weight is 264 g/mol. The van der Waals surface area contributed by atoms with Gasteiger partial charge in [0.1, 0.15) is 0 Å². The number of carbonyl (C=O) groups is 1. The topological polar surface area (TPSA) is 49.3 Å². The van der Waals surface area contributed by atoms with Crippen LogP contribution in [0.15, 0.2) is 0 Å². The Labute approximate surface area is 111 Å². The van der Waals surface area contributed by atoms with E-state index in [1.165, 1.54) is 0 Å².